The zero-order chi connectivity index (χ0) is 34.5. The van der Waals surface area contributed by atoms with E-state index in [2.05, 4.69) is 49.0 Å². The summed E-state index contributed by atoms with van der Waals surface area (Å²) in [5, 5.41) is 9.45. The standard InChI is InChI=1S/C41H79N3O3.ClH/c1-4-7-9-11-13-15-17-19-21-23-25-27-29-31-33-36-40(46)42-44(6-3,38-35-39-45)43-41(47)37-34-32-30-28-26-24-22-20-18-16-14-12-10-8-5-2;/h19-22,45H,4-18,23-39H2,1-3H3,(H-,42,43,46,47);1H/b21-19-,22-20-;. The second-order valence-corrected chi connectivity index (χ2v) is 13.8. The average Bonchev–Trinajstić information content (AvgIpc) is 3.07. The number of unbranched alkanes of at least 4 members (excludes halogenated alkanes) is 22. The molecule has 2 amide bonds. The molecule has 0 bridgehead atoms. The van der Waals surface area contributed by atoms with Crippen LogP contribution in [-0.4, -0.2) is 41.3 Å². The summed E-state index contributed by atoms with van der Waals surface area (Å²) in [6.45, 7) is 7.58. The van der Waals surface area contributed by atoms with Gasteiger partial charge in [-0.15, -0.1) is 4.70 Å². The highest BCUT2D eigenvalue weighted by Gasteiger charge is 2.30. The molecule has 0 saturated heterocycles. The summed E-state index contributed by atoms with van der Waals surface area (Å²) in [5.41, 5.74) is 6.18. The van der Waals surface area contributed by atoms with Gasteiger partial charge in [0, 0.05) is 25.9 Å². The molecule has 0 rings (SSSR count). The van der Waals surface area contributed by atoms with Crippen molar-refractivity contribution in [2.45, 2.75) is 207 Å². The van der Waals surface area contributed by atoms with Crippen LogP contribution in [0.1, 0.15) is 207 Å². The predicted octanol–water partition coefficient (Wildman–Crippen LogP) is 8.35. The molecule has 0 aromatic heterocycles. The Morgan fingerprint density at radius 2 is 0.792 bits per heavy atom. The van der Waals surface area contributed by atoms with Gasteiger partial charge in [-0.05, 0) is 71.1 Å². The van der Waals surface area contributed by atoms with Gasteiger partial charge in [-0.25, -0.2) is 0 Å². The van der Waals surface area contributed by atoms with Crippen molar-refractivity contribution >= 4 is 11.8 Å². The van der Waals surface area contributed by atoms with Crippen LogP contribution in [0.5, 0.6) is 0 Å². The molecule has 0 heterocycles. The Hall–Kier alpha value is -1.37. The number of nitrogens with zero attached hydrogens (tertiary/aromatic N) is 1. The SMILES string of the molecule is CCCCCCCC/C=C\CCCCCCCC(=O)N[N+](CC)(CCCO)NC(=O)CCCCCCC/C=C\CCCCCCCC.[Cl-]. The van der Waals surface area contributed by atoms with Crippen LogP contribution in [0.2, 0.25) is 0 Å². The maximum absolute atomic E-state index is 12.8. The molecule has 0 fully saturated rings. The molecule has 0 unspecified atom stereocenters. The van der Waals surface area contributed by atoms with Gasteiger partial charge in [-0.3, -0.25) is 9.59 Å². The quantitative estimate of drug-likeness (QED) is 0.0267. The van der Waals surface area contributed by atoms with E-state index < -0.39 is 0 Å². The molecule has 0 aliphatic heterocycles. The summed E-state index contributed by atoms with van der Waals surface area (Å²) in [4.78, 5) is 25.7. The van der Waals surface area contributed by atoms with Gasteiger partial charge in [0.2, 0.25) is 0 Å². The second-order valence-electron chi connectivity index (χ2n) is 13.8. The van der Waals surface area contributed by atoms with Gasteiger partial charge in [-0.2, -0.15) is 10.9 Å². The van der Waals surface area contributed by atoms with Crippen LogP contribution in [0.15, 0.2) is 24.3 Å². The average molecular weight is 699 g/mol. The van der Waals surface area contributed by atoms with Crippen LogP contribution >= 0.6 is 0 Å². The Bertz CT molecular complexity index is 705. The molecular weight excluding hydrogens is 618 g/mol. The van der Waals surface area contributed by atoms with Crippen molar-refractivity contribution in [2.24, 2.45) is 0 Å². The lowest BCUT2D eigenvalue weighted by Crippen LogP contribution is -3.00. The molecule has 0 aliphatic carbocycles. The van der Waals surface area contributed by atoms with Crippen molar-refractivity contribution in [3.63, 3.8) is 0 Å². The van der Waals surface area contributed by atoms with E-state index in [1.54, 1.807) is 0 Å². The Kier molecular flexibility index (Phi) is 39.0. The molecule has 0 atom stereocenters. The van der Waals surface area contributed by atoms with Crippen LogP contribution < -0.4 is 23.3 Å². The normalized spacial score (nSPS) is 11.8. The van der Waals surface area contributed by atoms with Crippen LogP contribution in [0, 0.1) is 0 Å². The molecule has 48 heavy (non-hydrogen) atoms. The van der Waals surface area contributed by atoms with Crippen LogP contribution in [0.3, 0.4) is 0 Å². The van der Waals surface area contributed by atoms with Gasteiger partial charge in [0.05, 0.1) is 0 Å². The zero-order valence-electron chi connectivity index (χ0n) is 32.0. The van der Waals surface area contributed by atoms with Gasteiger partial charge in [0.15, 0.2) is 0 Å². The predicted molar refractivity (Wildman–Crippen MR) is 203 cm³/mol. The number of rotatable bonds is 36. The third-order valence-electron chi connectivity index (χ3n) is 9.25. The lowest BCUT2D eigenvalue weighted by molar-refractivity contribution is -0.992. The maximum atomic E-state index is 12.8. The smallest absolute Gasteiger partial charge is 0.267 e. The number of allylic oxidation sites excluding steroid dienone is 4. The van der Waals surface area contributed by atoms with E-state index >= 15 is 0 Å². The number of carbonyl (C=O) groups is 2. The van der Waals surface area contributed by atoms with Crippen molar-refractivity contribution in [2.75, 3.05) is 19.7 Å². The molecule has 0 saturated carbocycles. The summed E-state index contributed by atoms with van der Waals surface area (Å²) in [5.74, 6) is -0.0486. The third-order valence-corrected chi connectivity index (χ3v) is 9.25. The topological polar surface area (TPSA) is 78.4 Å². The van der Waals surface area contributed by atoms with Crippen molar-refractivity contribution in [1.82, 2.24) is 10.9 Å². The largest absolute Gasteiger partial charge is 1.00 e. The van der Waals surface area contributed by atoms with E-state index in [0.29, 0.717) is 32.4 Å². The van der Waals surface area contributed by atoms with Crippen LogP contribution in [-0.2, 0) is 9.59 Å². The number of carbonyl (C=O) groups excluding carboxylic acids is 2. The molecule has 0 spiro atoms. The molecule has 284 valence electrons. The fourth-order valence-corrected chi connectivity index (χ4v) is 6.10. The number of aliphatic hydroxyl groups excluding tert-OH is 1. The summed E-state index contributed by atoms with van der Waals surface area (Å²) in [6, 6.07) is 0. The lowest BCUT2D eigenvalue weighted by Gasteiger charge is -2.35. The molecule has 0 radical (unpaired) electrons. The van der Waals surface area contributed by atoms with Crippen molar-refractivity contribution in [3.05, 3.63) is 24.3 Å². The Balaban J connectivity index is 0. The fraction of sp³-hybridized carbons (Fsp3) is 0.854. The molecule has 0 aromatic rings. The molecular formula is C41H80ClN3O3. The van der Waals surface area contributed by atoms with E-state index in [0.717, 1.165) is 51.4 Å². The highest BCUT2D eigenvalue weighted by atomic mass is 35.5. The molecule has 3 N–H and O–H groups in total. The lowest BCUT2D eigenvalue weighted by atomic mass is 10.1. The molecule has 0 aliphatic rings. The number of hydrogen-bond donors (Lipinski definition) is 3. The third kappa shape index (κ3) is 33.1. The van der Waals surface area contributed by atoms with Gasteiger partial charge < -0.3 is 17.5 Å². The molecule has 0 aromatic carbocycles. The van der Waals surface area contributed by atoms with Crippen LogP contribution in [0.25, 0.3) is 0 Å². The zero-order valence-corrected chi connectivity index (χ0v) is 32.8. The van der Waals surface area contributed by atoms with E-state index in [9.17, 15) is 14.7 Å². The number of nitrogens with one attached hydrogen (secondary N) is 2. The first-order valence-electron chi connectivity index (χ1n) is 20.4. The van der Waals surface area contributed by atoms with Gasteiger partial charge in [0.1, 0.15) is 13.1 Å². The summed E-state index contributed by atoms with van der Waals surface area (Å²) in [6.07, 6.45) is 42.9. The minimum atomic E-state index is -0.0243. The summed E-state index contributed by atoms with van der Waals surface area (Å²) >= 11 is 0. The summed E-state index contributed by atoms with van der Waals surface area (Å²) in [7, 11) is 0. The summed E-state index contributed by atoms with van der Waals surface area (Å²) < 4.78 is 0.0222. The second kappa shape index (κ2) is 38.4. The first-order valence-corrected chi connectivity index (χ1v) is 20.4. The van der Waals surface area contributed by atoms with Gasteiger partial charge >= 0.3 is 0 Å². The van der Waals surface area contributed by atoms with Crippen molar-refractivity contribution in [1.29, 1.82) is 0 Å². The Labute approximate surface area is 304 Å². The number of amides is 2. The minimum Gasteiger partial charge on any atom is -1.00 e. The van der Waals surface area contributed by atoms with Crippen molar-refractivity contribution in [3.8, 4) is 0 Å². The highest BCUT2D eigenvalue weighted by molar-refractivity contribution is 5.76. The monoisotopic (exact) mass is 698 g/mol. The fourth-order valence-electron chi connectivity index (χ4n) is 6.10. The van der Waals surface area contributed by atoms with E-state index in [-0.39, 0.29) is 35.5 Å². The number of hydrogen-bond acceptors (Lipinski definition) is 3. The maximum Gasteiger partial charge on any atom is 0.267 e. The van der Waals surface area contributed by atoms with E-state index in [1.807, 2.05) is 6.92 Å². The van der Waals surface area contributed by atoms with Crippen molar-refractivity contribution < 1.29 is 31.8 Å². The van der Waals surface area contributed by atoms with E-state index in [4.69, 9.17) is 0 Å². The van der Waals surface area contributed by atoms with E-state index in [1.165, 1.54) is 116 Å². The number of halogens is 1. The Morgan fingerprint density at radius 3 is 1.10 bits per heavy atom. The minimum absolute atomic E-state index is 0. The van der Waals surface area contributed by atoms with Gasteiger partial charge in [0.25, 0.3) is 11.8 Å². The molecule has 6 nitrogen and oxygen atoms in total. The first kappa shape index (κ1) is 48.7. The Morgan fingerprint density at radius 1 is 0.479 bits per heavy atom. The number of quaternary nitrogens is 1. The molecule has 7 heteroatoms. The first-order chi connectivity index (χ1) is 23.0. The van der Waals surface area contributed by atoms with Crippen LogP contribution in [0.4, 0.5) is 0 Å². The highest BCUT2D eigenvalue weighted by Crippen LogP contribution is 2.13. The van der Waals surface area contributed by atoms with Gasteiger partial charge in [-0.1, -0.05) is 141 Å². The number of aliphatic hydroxyl groups is 1.